The third kappa shape index (κ3) is 1.98. The second-order valence-electron chi connectivity index (χ2n) is 3.81. The van der Waals surface area contributed by atoms with E-state index in [4.69, 9.17) is 0 Å². The van der Waals surface area contributed by atoms with E-state index in [2.05, 4.69) is 20.9 Å². The summed E-state index contributed by atoms with van der Waals surface area (Å²) < 4.78 is 0. The minimum atomic E-state index is 0.953. The molecule has 1 fully saturated rings. The Bertz CT molecular complexity index is 65.5. The van der Waals surface area contributed by atoms with Gasteiger partial charge in [-0.15, -0.1) is 0 Å². The van der Waals surface area contributed by atoms with Crippen LogP contribution in [0.3, 0.4) is 0 Å². The summed E-state index contributed by atoms with van der Waals surface area (Å²) in [5, 5.41) is 0. The zero-order valence-electron chi connectivity index (χ0n) is 6.78. The van der Waals surface area contributed by atoms with Crippen molar-refractivity contribution in [3.05, 3.63) is 0 Å². The topological polar surface area (TPSA) is 4.44 Å². The predicted molar refractivity (Wildman–Crippen MR) is 39.6 cm³/mol. The summed E-state index contributed by atoms with van der Waals surface area (Å²) in [7, 11) is 2.30. The zero-order valence-corrected chi connectivity index (χ0v) is 6.78. The molecule has 0 saturated carbocycles. The SMILES string of the molecule is C[C@H]1C[C@H](C)C[NH+](C)C1. The molecule has 2 atom stereocenters. The molecule has 0 aromatic rings. The number of likely N-dealkylation sites (tertiary alicyclic amines) is 1. The summed E-state index contributed by atoms with van der Waals surface area (Å²) in [5.74, 6) is 1.91. The van der Waals surface area contributed by atoms with Crippen LogP contribution in [0.2, 0.25) is 0 Å². The molecule has 0 unspecified atom stereocenters. The fourth-order valence-corrected chi connectivity index (χ4v) is 2.13. The van der Waals surface area contributed by atoms with Crippen molar-refractivity contribution in [3.8, 4) is 0 Å². The maximum absolute atomic E-state index is 2.36. The van der Waals surface area contributed by atoms with Gasteiger partial charge in [-0.25, -0.2) is 0 Å². The van der Waals surface area contributed by atoms with Crippen molar-refractivity contribution in [2.45, 2.75) is 20.3 Å². The summed E-state index contributed by atoms with van der Waals surface area (Å²) in [6, 6.07) is 0. The van der Waals surface area contributed by atoms with Gasteiger partial charge in [0.05, 0.1) is 20.1 Å². The molecule has 0 radical (unpaired) electrons. The van der Waals surface area contributed by atoms with Gasteiger partial charge in [-0.1, -0.05) is 13.8 Å². The van der Waals surface area contributed by atoms with Gasteiger partial charge in [0.15, 0.2) is 0 Å². The Kier molecular flexibility index (Phi) is 2.12. The molecule has 0 aliphatic carbocycles. The van der Waals surface area contributed by atoms with Crippen LogP contribution in [0.5, 0.6) is 0 Å². The Morgan fingerprint density at radius 1 is 1.11 bits per heavy atom. The minimum absolute atomic E-state index is 0.953. The molecule has 1 heterocycles. The number of rotatable bonds is 0. The highest BCUT2D eigenvalue weighted by atomic mass is 15.1. The zero-order chi connectivity index (χ0) is 6.85. The summed E-state index contributed by atoms with van der Waals surface area (Å²) in [4.78, 5) is 1.71. The molecule has 1 heteroatoms. The average Bonchev–Trinajstić information content (AvgIpc) is 1.59. The number of hydrogen-bond donors (Lipinski definition) is 1. The van der Waals surface area contributed by atoms with Crippen LogP contribution >= 0.6 is 0 Å². The summed E-state index contributed by atoms with van der Waals surface area (Å²) in [6.07, 6.45) is 1.44. The fraction of sp³-hybridized carbons (Fsp3) is 1.00. The molecular formula is C8H18N+. The molecule has 0 aromatic carbocycles. The third-order valence-electron chi connectivity index (χ3n) is 2.20. The van der Waals surface area contributed by atoms with Crippen LogP contribution in [0, 0.1) is 11.8 Å². The molecule has 0 bridgehead atoms. The van der Waals surface area contributed by atoms with Gasteiger partial charge < -0.3 is 4.90 Å². The van der Waals surface area contributed by atoms with Crippen LogP contribution in [0.15, 0.2) is 0 Å². The van der Waals surface area contributed by atoms with Gasteiger partial charge in [0.25, 0.3) is 0 Å². The quantitative estimate of drug-likeness (QED) is 0.474. The molecule has 9 heavy (non-hydrogen) atoms. The summed E-state index contributed by atoms with van der Waals surface area (Å²) in [6.45, 7) is 7.48. The molecular weight excluding hydrogens is 110 g/mol. The number of nitrogens with one attached hydrogen (secondary N) is 1. The molecule has 54 valence electrons. The molecule has 1 aliphatic heterocycles. The van der Waals surface area contributed by atoms with Crippen LogP contribution < -0.4 is 4.90 Å². The maximum Gasteiger partial charge on any atom is 0.0795 e. The van der Waals surface area contributed by atoms with Crippen molar-refractivity contribution >= 4 is 0 Å². The normalized spacial score (nSPS) is 45.0. The fourth-order valence-electron chi connectivity index (χ4n) is 2.13. The van der Waals surface area contributed by atoms with Crippen molar-refractivity contribution < 1.29 is 4.90 Å². The van der Waals surface area contributed by atoms with Crippen LogP contribution in [0.4, 0.5) is 0 Å². The van der Waals surface area contributed by atoms with E-state index in [1.54, 1.807) is 4.90 Å². The first-order valence-electron chi connectivity index (χ1n) is 3.99. The number of hydrogen-bond acceptors (Lipinski definition) is 0. The first kappa shape index (κ1) is 7.07. The number of piperidine rings is 1. The lowest BCUT2D eigenvalue weighted by Crippen LogP contribution is -3.11. The molecule has 1 saturated heterocycles. The maximum atomic E-state index is 2.36. The van der Waals surface area contributed by atoms with Crippen molar-refractivity contribution in [2.75, 3.05) is 20.1 Å². The van der Waals surface area contributed by atoms with Gasteiger partial charge in [-0.2, -0.15) is 0 Å². The Morgan fingerprint density at radius 2 is 1.56 bits per heavy atom. The monoisotopic (exact) mass is 128 g/mol. The molecule has 0 spiro atoms. The highest BCUT2D eigenvalue weighted by molar-refractivity contribution is 4.61. The van der Waals surface area contributed by atoms with E-state index in [1.807, 2.05) is 0 Å². The smallest absolute Gasteiger partial charge is 0.0795 e. The first-order chi connectivity index (χ1) is 4.18. The van der Waals surface area contributed by atoms with Crippen molar-refractivity contribution in [2.24, 2.45) is 11.8 Å². The standard InChI is InChI=1S/C8H17N/c1-7-4-8(2)6-9(3)5-7/h7-8H,4-6H2,1-3H3/p+1/t7-,8-/m0/s1. The highest BCUT2D eigenvalue weighted by Gasteiger charge is 2.21. The molecule has 0 aromatic heterocycles. The van der Waals surface area contributed by atoms with Gasteiger partial charge in [0, 0.05) is 11.8 Å². The van der Waals surface area contributed by atoms with Crippen molar-refractivity contribution in [1.82, 2.24) is 0 Å². The second-order valence-corrected chi connectivity index (χ2v) is 3.81. The summed E-state index contributed by atoms with van der Waals surface area (Å²) >= 11 is 0. The highest BCUT2D eigenvalue weighted by Crippen LogP contribution is 2.11. The third-order valence-corrected chi connectivity index (χ3v) is 2.20. The van der Waals surface area contributed by atoms with E-state index >= 15 is 0 Å². The van der Waals surface area contributed by atoms with Crippen LogP contribution in [0.1, 0.15) is 20.3 Å². The molecule has 1 N–H and O–H groups in total. The average molecular weight is 128 g/mol. The summed E-state index contributed by atoms with van der Waals surface area (Å²) in [5.41, 5.74) is 0. The second kappa shape index (κ2) is 2.70. The van der Waals surface area contributed by atoms with E-state index in [0.29, 0.717) is 0 Å². The largest absolute Gasteiger partial charge is 0.337 e. The van der Waals surface area contributed by atoms with Crippen molar-refractivity contribution in [3.63, 3.8) is 0 Å². The van der Waals surface area contributed by atoms with Gasteiger partial charge in [0.2, 0.25) is 0 Å². The molecule has 1 aliphatic rings. The van der Waals surface area contributed by atoms with Crippen LogP contribution in [-0.2, 0) is 0 Å². The van der Waals surface area contributed by atoms with E-state index in [9.17, 15) is 0 Å². The van der Waals surface area contributed by atoms with E-state index < -0.39 is 0 Å². The Labute approximate surface area is 58.0 Å². The van der Waals surface area contributed by atoms with Gasteiger partial charge >= 0.3 is 0 Å². The number of quaternary nitrogens is 1. The van der Waals surface area contributed by atoms with Gasteiger partial charge in [-0.05, 0) is 6.42 Å². The Morgan fingerprint density at radius 3 is 1.89 bits per heavy atom. The predicted octanol–water partition coefficient (Wildman–Crippen LogP) is 0.177. The lowest BCUT2D eigenvalue weighted by Gasteiger charge is -2.28. The molecule has 1 rings (SSSR count). The molecule has 0 amide bonds. The van der Waals surface area contributed by atoms with Crippen LogP contribution in [0.25, 0.3) is 0 Å². The van der Waals surface area contributed by atoms with Gasteiger partial charge in [-0.3, -0.25) is 0 Å². The lowest BCUT2D eigenvalue weighted by atomic mass is 9.92. The van der Waals surface area contributed by atoms with Gasteiger partial charge in [0.1, 0.15) is 0 Å². The Hall–Kier alpha value is -0.0400. The van der Waals surface area contributed by atoms with E-state index in [-0.39, 0.29) is 0 Å². The minimum Gasteiger partial charge on any atom is -0.337 e. The van der Waals surface area contributed by atoms with E-state index in [1.165, 1.54) is 19.5 Å². The lowest BCUT2D eigenvalue weighted by molar-refractivity contribution is -0.892. The van der Waals surface area contributed by atoms with Crippen molar-refractivity contribution in [1.29, 1.82) is 0 Å². The first-order valence-corrected chi connectivity index (χ1v) is 3.99. The van der Waals surface area contributed by atoms with E-state index in [0.717, 1.165) is 11.8 Å². The Balaban J connectivity index is 2.34. The molecule has 1 nitrogen and oxygen atoms in total. The van der Waals surface area contributed by atoms with Crippen LogP contribution in [-0.4, -0.2) is 20.1 Å².